The lowest BCUT2D eigenvalue weighted by Crippen LogP contribution is -2.35. The molecule has 0 fully saturated rings. The van der Waals surface area contributed by atoms with Crippen LogP contribution in [0.25, 0.3) is 27.6 Å². The highest BCUT2D eigenvalue weighted by atomic mass is 16.5. The normalized spacial score (nSPS) is 13.1. The molecule has 9 aromatic carbocycles. The SMILES string of the molecule is CC(C)(C)c1cc(Oc2ccc3c4ccccc4n(-c4cc(C(C)(C)C)ccn4)c3c2)cc(N2CN(c3c(C(C)(c4ccccc4)c4ccccc4)cccc3C(C)(c3ccccc3)c3ccccc3)c3ccccc32)c1. The summed E-state index contributed by atoms with van der Waals surface area (Å²) in [5, 5.41) is 2.33. The summed E-state index contributed by atoms with van der Waals surface area (Å²) in [5.41, 5.74) is 15.1. The maximum absolute atomic E-state index is 7.14. The number of pyridine rings is 1. The van der Waals surface area contributed by atoms with Gasteiger partial charge >= 0.3 is 0 Å². The number of fused-ring (bicyclic) bond motifs is 4. The van der Waals surface area contributed by atoms with Gasteiger partial charge in [-0.15, -0.1) is 0 Å². The van der Waals surface area contributed by atoms with Crippen LogP contribution in [0.4, 0.5) is 22.7 Å². The second kappa shape index (κ2) is 19.2. The molecule has 0 saturated carbocycles. The number of hydrogen-bond donors (Lipinski definition) is 0. The van der Waals surface area contributed by atoms with Gasteiger partial charge in [-0.3, -0.25) is 4.57 Å². The van der Waals surface area contributed by atoms with Crippen molar-refractivity contribution in [2.75, 3.05) is 16.5 Å². The molecule has 0 N–H and O–H groups in total. The fraction of sp³-hybridized carbons (Fsp3) is 0.181. The first-order valence-corrected chi connectivity index (χ1v) is 27.0. The molecular formula is C72H66N4O. The fourth-order valence-corrected chi connectivity index (χ4v) is 11.9. The first-order valence-electron chi connectivity index (χ1n) is 27.0. The summed E-state index contributed by atoms with van der Waals surface area (Å²) in [4.78, 5) is 10.0. The van der Waals surface area contributed by atoms with Crippen LogP contribution in [-0.4, -0.2) is 16.2 Å². The molecule has 0 radical (unpaired) electrons. The Bertz CT molecular complexity index is 3740. The van der Waals surface area contributed by atoms with Crippen LogP contribution in [0.2, 0.25) is 0 Å². The van der Waals surface area contributed by atoms with E-state index in [-0.39, 0.29) is 10.8 Å². The number of benzene rings is 9. The third kappa shape index (κ3) is 8.64. The van der Waals surface area contributed by atoms with Gasteiger partial charge < -0.3 is 14.5 Å². The van der Waals surface area contributed by atoms with Gasteiger partial charge in [-0.2, -0.15) is 0 Å². The zero-order chi connectivity index (χ0) is 53.1. The van der Waals surface area contributed by atoms with E-state index in [1.165, 1.54) is 55.6 Å². The van der Waals surface area contributed by atoms with Crippen LogP contribution in [0.1, 0.15) is 99.9 Å². The lowest BCUT2D eigenvalue weighted by atomic mass is 9.65. The minimum atomic E-state index is -0.560. The number of nitrogens with zero attached hydrogens (tertiary/aromatic N) is 4. The van der Waals surface area contributed by atoms with Crippen molar-refractivity contribution in [1.29, 1.82) is 0 Å². The van der Waals surface area contributed by atoms with E-state index in [0.717, 1.165) is 50.8 Å². The predicted molar refractivity (Wildman–Crippen MR) is 321 cm³/mol. The average molecular weight is 1000 g/mol. The number of para-hydroxylation sites is 4. The van der Waals surface area contributed by atoms with E-state index in [1.807, 2.05) is 6.20 Å². The van der Waals surface area contributed by atoms with Gasteiger partial charge in [-0.1, -0.05) is 211 Å². The van der Waals surface area contributed by atoms with Crippen LogP contribution in [0.3, 0.4) is 0 Å². The Hall–Kier alpha value is -8.67. The molecule has 0 amide bonds. The Morgan fingerprint density at radius 3 is 1.42 bits per heavy atom. The Labute approximate surface area is 454 Å². The number of anilines is 4. The molecule has 5 heteroatoms. The highest BCUT2D eigenvalue weighted by Gasteiger charge is 2.43. The summed E-state index contributed by atoms with van der Waals surface area (Å²) < 4.78 is 9.42. The van der Waals surface area contributed by atoms with E-state index < -0.39 is 10.8 Å². The summed E-state index contributed by atoms with van der Waals surface area (Å²) in [7, 11) is 0. The van der Waals surface area contributed by atoms with Gasteiger partial charge in [0.1, 0.15) is 24.0 Å². The maximum atomic E-state index is 7.14. The molecule has 0 saturated heterocycles. The van der Waals surface area contributed by atoms with Gasteiger partial charge in [0, 0.05) is 45.6 Å². The monoisotopic (exact) mass is 1000 g/mol. The van der Waals surface area contributed by atoms with E-state index in [0.29, 0.717) is 6.67 Å². The number of ether oxygens (including phenoxy) is 1. The lowest BCUT2D eigenvalue weighted by molar-refractivity contribution is 0.479. The standard InChI is InChI=1S/C72H66N4O/c1-69(2,3)54-42-43-73-67(46-54)76-63-37-22-21-34-59(63)60-41-40-57(48-66(60)76)77-58-45-55(70(4,5)6)44-56(47-58)74-49-75(65-39-24-23-38-64(65)74)68-61(71(7,50-26-13-9-14-27-50)51-28-15-10-16-29-51)35-25-36-62(68)72(8,52-30-17-11-18-31-52)53-32-19-12-20-33-53/h9-48H,49H2,1-8H3. The molecule has 0 atom stereocenters. The molecule has 0 unspecified atom stereocenters. The number of aromatic nitrogens is 2. The van der Waals surface area contributed by atoms with Crippen LogP contribution in [-0.2, 0) is 21.7 Å². The van der Waals surface area contributed by atoms with Crippen molar-refractivity contribution >= 4 is 44.6 Å². The highest BCUT2D eigenvalue weighted by molar-refractivity contribution is 6.09. The molecule has 5 nitrogen and oxygen atoms in total. The van der Waals surface area contributed by atoms with Crippen LogP contribution in [0, 0.1) is 0 Å². The molecule has 0 aliphatic carbocycles. The number of rotatable bonds is 11. The summed E-state index contributed by atoms with van der Waals surface area (Å²) in [6.45, 7) is 19.0. The third-order valence-electron chi connectivity index (χ3n) is 16.3. The van der Waals surface area contributed by atoms with E-state index in [2.05, 4.69) is 306 Å². The minimum absolute atomic E-state index is 0.0329. The van der Waals surface area contributed by atoms with Crippen LogP contribution in [0.5, 0.6) is 11.5 Å². The third-order valence-corrected chi connectivity index (χ3v) is 16.3. The molecule has 77 heavy (non-hydrogen) atoms. The van der Waals surface area contributed by atoms with E-state index in [4.69, 9.17) is 9.72 Å². The van der Waals surface area contributed by atoms with Crippen molar-refractivity contribution < 1.29 is 4.74 Å². The van der Waals surface area contributed by atoms with Gasteiger partial charge in [0.2, 0.25) is 0 Å². The molecule has 380 valence electrons. The van der Waals surface area contributed by atoms with Crippen molar-refractivity contribution in [3.05, 3.63) is 287 Å². The van der Waals surface area contributed by atoms with Crippen LogP contribution in [0.15, 0.2) is 243 Å². The molecule has 3 heterocycles. The molecule has 1 aliphatic heterocycles. The Morgan fingerprint density at radius 2 is 0.870 bits per heavy atom. The molecule has 1 aliphatic rings. The van der Waals surface area contributed by atoms with Crippen molar-refractivity contribution in [1.82, 2.24) is 9.55 Å². The first-order chi connectivity index (χ1) is 37.2. The van der Waals surface area contributed by atoms with Crippen molar-refractivity contribution in [2.45, 2.75) is 77.0 Å². The molecule has 12 rings (SSSR count). The van der Waals surface area contributed by atoms with Crippen molar-refractivity contribution in [3.8, 4) is 17.3 Å². The molecule has 11 aromatic rings. The quantitative estimate of drug-likeness (QED) is 0.121. The van der Waals surface area contributed by atoms with Gasteiger partial charge in [0.05, 0.1) is 28.1 Å². The van der Waals surface area contributed by atoms with Gasteiger partial charge in [-0.05, 0) is 124 Å². The van der Waals surface area contributed by atoms with Crippen LogP contribution >= 0.6 is 0 Å². The zero-order valence-corrected chi connectivity index (χ0v) is 45.5. The maximum Gasteiger partial charge on any atom is 0.137 e. The Kier molecular flexibility index (Phi) is 12.3. The zero-order valence-electron chi connectivity index (χ0n) is 45.5. The molecule has 2 aromatic heterocycles. The van der Waals surface area contributed by atoms with Gasteiger partial charge in [0.25, 0.3) is 0 Å². The van der Waals surface area contributed by atoms with E-state index in [9.17, 15) is 0 Å². The summed E-state index contributed by atoms with van der Waals surface area (Å²) >= 11 is 0. The second-order valence-corrected chi connectivity index (χ2v) is 23.2. The van der Waals surface area contributed by atoms with Crippen LogP contribution < -0.4 is 14.5 Å². The summed E-state index contributed by atoms with van der Waals surface area (Å²) in [5.74, 6) is 2.43. The minimum Gasteiger partial charge on any atom is -0.457 e. The van der Waals surface area contributed by atoms with Gasteiger partial charge in [-0.25, -0.2) is 4.98 Å². The lowest BCUT2D eigenvalue weighted by Gasteiger charge is -2.41. The Balaban J connectivity index is 1.04. The highest BCUT2D eigenvalue weighted by Crippen LogP contribution is 2.55. The number of hydrogen-bond acceptors (Lipinski definition) is 4. The van der Waals surface area contributed by atoms with Crippen molar-refractivity contribution in [3.63, 3.8) is 0 Å². The largest absolute Gasteiger partial charge is 0.457 e. The smallest absolute Gasteiger partial charge is 0.137 e. The first kappa shape index (κ1) is 49.2. The summed E-state index contributed by atoms with van der Waals surface area (Å²) in [6, 6.07) is 86.4. The molecular weight excluding hydrogens is 937 g/mol. The molecule has 0 bridgehead atoms. The summed E-state index contributed by atoms with van der Waals surface area (Å²) in [6.07, 6.45) is 1.93. The van der Waals surface area contributed by atoms with E-state index in [1.54, 1.807) is 0 Å². The fourth-order valence-electron chi connectivity index (χ4n) is 11.9. The van der Waals surface area contributed by atoms with Crippen molar-refractivity contribution in [2.24, 2.45) is 0 Å². The average Bonchev–Trinajstić information content (AvgIpc) is 4.06. The van der Waals surface area contributed by atoms with Gasteiger partial charge in [0.15, 0.2) is 0 Å². The topological polar surface area (TPSA) is 33.5 Å². The predicted octanol–water partition coefficient (Wildman–Crippen LogP) is 18.5. The molecule has 0 spiro atoms. The van der Waals surface area contributed by atoms with E-state index >= 15 is 0 Å². The second-order valence-electron chi connectivity index (χ2n) is 23.2. The Morgan fingerprint density at radius 1 is 0.377 bits per heavy atom.